The monoisotopic (exact) mass is 436 g/mol. The number of amides is 1. The Hall–Kier alpha value is -3.40. The molecule has 0 atom stereocenters. The maximum absolute atomic E-state index is 13.1. The van der Waals surface area contributed by atoms with Gasteiger partial charge in [0, 0.05) is 31.0 Å². The summed E-state index contributed by atoms with van der Waals surface area (Å²) in [6.45, 7) is 3.34. The molecule has 0 spiro atoms. The maximum atomic E-state index is 13.1. The highest BCUT2D eigenvalue weighted by Gasteiger charge is 2.22. The van der Waals surface area contributed by atoms with Crippen LogP contribution in [0.4, 0.5) is 0 Å². The van der Waals surface area contributed by atoms with Gasteiger partial charge in [0.1, 0.15) is 11.4 Å². The summed E-state index contributed by atoms with van der Waals surface area (Å²) in [4.78, 5) is 41.7. The van der Waals surface area contributed by atoms with E-state index in [0.29, 0.717) is 26.8 Å². The zero-order valence-electron chi connectivity index (χ0n) is 16.9. The van der Waals surface area contributed by atoms with E-state index in [1.54, 1.807) is 24.5 Å². The van der Waals surface area contributed by atoms with Crippen LogP contribution in [0.15, 0.2) is 40.2 Å². The lowest BCUT2D eigenvalue weighted by Crippen LogP contribution is -2.39. The molecule has 1 saturated heterocycles. The van der Waals surface area contributed by atoms with Crippen LogP contribution < -0.4 is 5.56 Å². The normalized spacial score (nSPS) is 14.3. The van der Waals surface area contributed by atoms with Crippen molar-refractivity contribution >= 4 is 27.5 Å². The molecule has 0 aromatic carbocycles. The van der Waals surface area contributed by atoms with Gasteiger partial charge in [0.15, 0.2) is 0 Å². The molecule has 0 saturated carbocycles. The van der Waals surface area contributed by atoms with Gasteiger partial charge in [-0.15, -0.1) is 11.3 Å². The first-order chi connectivity index (χ1) is 15.1. The van der Waals surface area contributed by atoms with Crippen molar-refractivity contribution in [2.75, 3.05) is 13.1 Å². The molecule has 1 aliphatic heterocycles. The molecule has 0 aliphatic carbocycles. The quantitative estimate of drug-likeness (QED) is 0.484. The molecule has 1 amide bonds. The lowest BCUT2D eigenvalue weighted by Gasteiger charge is -2.26. The number of carbonyl (C=O) groups is 1. The number of carbonyl (C=O) groups excluding carboxylic acids is 1. The van der Waals surface area contributed by atoms with E-state index >= 15 is 0 Å². The van der Waals surface area contributed by atoms with Crippen molar-refractivity contribution in [1.29, 1.82) is 0 Å². The minimum absolute atomic E-state index is 0.000851. The van der Waals surface area contributed by atoms with Gasteiger partial charge >= 0.3 is 0 Å². The van der Waals surface area contributed by atoms with Gasteiger partial charge in [0.2, 0.25) is 11.7 Å². The van der Waals surface area contributed by atoms with E-state index in [9.17, 15) is 9.59 Å². The minimum atomic E-state index is -0.232. The van der Waals surface area contributed by atoms with Crippen molar-refractivity contribution in [3.63, 3.8) is 0 Å². The second-order valence-electron chi connectivity index (χ2n) is 7.51. The van der Waals surface area contributed by atoms with Crippen LogP contribution in [0.25, 0.3) is 32.4 Å². The molecule has 10 heteroatoms. The molecule has 158 valence electrons. The highest BCUT2D eigenvalue weighted by molar-refractivity contribution is 7.22. The van der Waals surface area contributed by atoms with Crippen molar-refractivity contribution in [3.05, 3.63) is 46.8 Å². The molecule has 1 fully saturated rings. The molecular weight excluding hydrogens is 416 g/mol. The predicted molar refractivity (Wildman–Crippen MR) is 116 cm³/mol. The van der Waals surface area contributed by atoms with Gasteiger partial charge in [-0.1, -0.05) is 5.16 Å². The number of nitrogens with zero attached hydrogens (tertiary/aromatic N) is 6. The van der Waals surface area contributed by atoms with Crippen LogP contribution in [0.2, 0.25) is 0 Å². The molecular formula is C21H20N6O3S. The number of pyridine rings is 1. The summed E-state index contributed by atoms with van der Waals surface area (Å²) in [5.41, 5.74) is 1.28. The summed E-state index contributed by atoms with van der Waals surface area (Å²) in [6, 6.07) is 3.60. The lowest BCUT2D eigenvalue weighted by atomic mass is 10.1. The molecule has 0 bridgehead atoms. The van der Waals surface area contributed by atoms with E-state index in [2.05, 4.69) is 20.1 Å². The molecule has 9 nitrogen and oxygen atoms in total. The van der Waals surface area contributed by atoms with Gasteiger partial charge in [0.25, 0.3) is 11.4 Å². The molecule has 0 unspecified atom stereocenters. The van der Waals surface area contributed by atoms with Gasteiger partial charge in [-0.05, 0) is 43.9 Å². The number of likely N-dealkylation sites (tertiary alicyclic amines) is 1. The van der Waals surface area contributed by atoms with Gasteiger partial charge < -0.3 is 9.42 Å². The third kappa shape index (κ3) is 3.63. The molecule has 4 aromatic heterocycles. The Kier molecular flexibility index (Phi) is 5.06. The number of fused-ring (bicyclic) bond motifs is 1. The largest absolute Gasteiger partial charge is 0.341 e. The second kappa shape index (κ2) is 8.03. The first kappa shape index (κ1) is 19.6. The second-order valence-corrected chi connectivity index (χ2v) is 8.51. The summed E-state index contributed by atoms with van der Waals surface area (Å²) in [5.74, 6) is 0.740. The highest BCUT2D eigenvalue weighted by Crippen LogP contribution is 2.35. The number of thiophene rings is 1. The van der Waals surface area contributed by atoms with Gasteiger partial charge in [-0.3, -0.25) is 19.1 Å². The summed E-state index contributed by atoms with van der Waals surface area (Å²) in [6.07, 6.45) is 7.93. The zero-order chi connectivity index (χ0) is 21.4. The average molecular weight is 436 g/mol. The number of aryl methyl sites for hydroxylation is 1. The first-order valence-electron chi connectivity index (χ1n) is 10.1. The van der Waals surface area contributed by atoms with Crippen molar-refractivity contribution in [1.82, 2.24) is 29.6 Å². The SMILES string of the molecule is Cc1c(-c2nc(-c3ccncc3)no2)sc2ncn(CC(=O)N3CCCCC3)c(=O)c12. The maximum Gasteiger partial charge on any atom is 0.268 e. The number of piperidine rings is 1. The fourth-order valence-corrected chi connectivity index (χ4v) is 4.86. The summed E-state index contributed by atoms with van der Waals surface area (Å²) in [5, 5.41) is 4.53. The summed E-state index contributed by atoms with van der Waals surface area (Å²) >= 11 is 1.33. The smallest absolute Gasteiger partial charge is 0.268 e. The molecule has 1 aliphatic rings. The Balaban J connectivity index is 1.47. The first-order valence-corrected chi connectivity index (χ1v) is 10.9. The van der Waals surface area contributed by atoms with Crippen LogP contribution in [0.3, 0.4) is 0 Å². The number of rotatable bonds is 4. The Bertz CT molecular complexity index is 1300. The van der Waals surface area contributed by atoms with E-state index in [4.69, 9.17) is 4.52 Å². The Morgan fingerprint density at radius 2 is 1.97 bits per heavy atom. The van der Waals surface area contributed by atoms with Crippen LogP contribution in [-0.4, -0.2) is 48.6 Å². The number of aromatic nitrogens is 5. The van der Waals surface area contributed by atoms with E-state index in [-0.39, 0.29) is 18.0 Å². The lowest BCUT2D eigenvalue weighted by molar-refractivity contribution is -0.132. The molecule has 0 radical (unpaired) electrons. The van der Waals surface area contributed by atoms with Crippen molar-refractivity contribution in [2.24, 2.45) is 0 Å². The van der Waals surface area contributed by atoms with Crippen molar-refractivity contribution in [2.45, 2.75) is 32.7 Å². The van der Waals surface area contributed by atoms with Gasteiger partial charge in [-0.25, -0.2) is 4.98 Å². The molecule has 4 aromatic rings. The topological polar surface area (TPSA) is 107 Å². The van der Waals surface area contributed by atoms with E-state index < -0.39 is 0 Å². The Labute approximate surface area is 181 Å². The van der Waals surface area contributed by atoms with Crippen LogP contribution >= 0.6 is 11.3 Å². The fraction of sp³-hybridized carbons (Fsp3) is 0.333. The average Bonchev–Trinajstić information content (AvgIpc) is 3.42. The summed E-state index contributed by atoms with van der Waals surface area (Å²) < 4.78 is 6.85. The molecule has 5 heterocycles. The zero-order valence-corrected chi connectivity index (χ0v) is 17.8. The van der Waals surface area contributed by atoms with E-state index in [1.165, 1.54) is 22.2 Å². The molecule has 5 rings (SSSR count). The number of hydrogen-bond donors (Lipinski definition) is 0. The van der Waals surface area contributed by atoms with E-state index in [0.717, 1.165) is 43.5 Å². The van der Waals surface area contributed by atoms with E-state index in [1.807, 2.05) is 11.8 Å². The van der Waals surface area contributed by atoms with Crippen molar-refractivity contribution < 1.29 is 9.32 Å². The Morgan fingerprint density at radius 3 is 2.74 bits per heavy atom. The Morgan fingerprint density at radius 1 is 1.19 bits per heavy atom. The third-order valence-corrected chi connectivity index (χ3v) is 6.68. The van der Waals surface area contributed by atoms with Crippen molar-refractivity contribution in [3.8, 4) is 22.2 Å². The van der Waals surface area contributed by atoms with Crippen LogP contribution in [-0.2, 0) is 11.3 Å². The van der Waals surface area contributed by atoms with Gasteiger partial charge in [-0.2, -0.15) is 4.98 Å². The van der Waals surface area contributed by atoms with Crippen LogP contribution in [0.5, 0.6) is 0 Å². The highest BCUT2D eigenvalue weighted by atomic mass is 32.1. The molecule has 0 N–H and O–H groups in total. The fourth-order valence-electron chi connectivity index (χ4n) is 3.80. The van der Waals surface area contributed by atoms with Gasteiger partial charge in [0.05, 0.1) is 16.6 Å². The van der Waals surface area contributed by atoms with Crippen LogP contribution in [0.1, 0.15) is 24.8 Å². The predicted octanol–water partition coefficient (Wildman–Crippen LogP) is 2.89. The summed E-state index contributed by atoms with van der Waals surface area (Å²) in [7, 11) is 0. The number of hydrogen-bond acceptors (Lipinski definition) is 8. The third-order valence-electron chi connectivity index (χ3n) is 5.49. The minimum Gasteiger partial charge on any atom is -0.341 e. The molecule has 31 heavy (non-hydrogen) atoms. The van der Waals surface area contributed by atoms with Crippen LogP contribution in [0, 0.1) is 6.92 Å². The standard InChI is InChI=1S/C21H20N6O3S/c1-13-16-20(23-12-27(21(16)29)11-15(28)26-9-3-2-4-10-26)31-17(13)19-24-18(25-30-19)14-5-7-22-8-6-14/h5-8,12H,2-4,9-11H2,1H3.